The van der Waals surface area contributed by atoms with E-state index in [1.807, 2.05) is 0 Å². The normalized spacial score (nSPS) is 8.03. The summed E-state index contributed by atoms with van der Waals surface area (Å²) in [6.07, 6.45) is 12.3. The molecule has 1 aromatic rings. The number of benzene rings is 1. The van der Waals surface area contributed by atoms with Gasteiger partial charge in [-0.1, -0.05) is 82.9 Å². The Kier molecular flexibility index (Phi) is 98.6. The van der Waals surface area contributed by atoms with Crippen LogP contribution in [-0.4, -0.2) is 204 Å². The van der Waals surface area contributed by atoms with E-state index in [1.54, 1.807) is 30.3 Å². The SMILES string of the molecule is CCCCCCCCCCCCOS(=O)(=O)c1ccccc1.Cl.Cl.Cl.Cl.F.[CaH2].[CaH2].[CaH2].[CaH2].[CaH2]. The summed E-state index contributed by atoms with van der Waals surface area (Å²) in [4.78, 5) is 0.238. The topological polar surface area (TPSA) is 43.4 Å². The summed E-state index contributed by atoms with van der Waals surface area (Å²) in [7, 11) is -3.57. The van der Waals surface area contributed by atoms with Gasteiger partial charge in [-0.2, -0.15) is 8.42 Å². The second kappa shape index (κ2) is 47.3. The molecular weight excluding hydrogens is 657 g/mol. The molecule has 0 heterocycles. The Morgan fingerprint density at radius 3 is 1.34 bits per heavy atom. The third-order valence-corrected chi connectivity index (χ3v) is 5.09. The van der Waals surface area contributed by atoms with E-state index < -0.39 is 10.1 Å². The number of hydrogen-bond acceptors (Lipinski definition) is 3. The Hall–Kier alpha value is 6.52. The van der Waals surface area contributed by atoms with Crippen LogP contribution in [0, 0.1) is 0 Å². The molecule has 0 saturated carbocycles. The maximum absolute atomic E-state index is 11.9. The average molecular weight is 703 g/mol. The monoisotopic (exact) mass is 700 g/mol. The van der Waals surface area contributed by atoms with Gasteiger partial charge in [0.25, 0.3) is 10.1 Å². The molecule has 14 heteroatoms. The number of rotatable bonds is 13. The predicted molar refractivity (Wildman–Crippen MR) is 166 cm³/mol. The fraction of sp³-hybridized carbons (Fsp3) is 0.667. The molecule has 0 bridgehead atoms. The van der Waals surface area contributed by atoms with Crippen molar-refractivity contribution in [2.75, 3.05) is 6.61 Å². The fourth-order valence-electron chi connectivity index (χ4n) is 2.41. The Morgan fingerprint density at radius 2 is 0.969 bits per heavy atom. The van der Waals surface area contributed by atoms with E-state index in [4.69, 9.17) is 4.18 Å². The van der Waals surface area contributed by atoms with Crippen molar-refractivity contribution in [3.63, 3.8) is 0 Å². The van der Waals surface area contributed by atoms with Gasteiger partial charge >= 0.3 is 189 Å². The molecule has 0 unspecified atom stereocenters. The average Bonchev–Trinajstić information content (AvgIpc) is 2.53. The maximum atomic E-state index is 11.9. The van der Waals surface area contributed by atoms with Gasteiger partial charge in [0.15, 0.2) is 0 Å². The van der Waals surface area contributed by atoms with Crippen molar-refractivity contribution in [3.05, 3.63) is 30.3 Å². The molecule has 1 rings (SSSR count). The summed E-state index contributed by atoms with van der Waals surface area (Å²) in [6.45, 7) is 2.52. The summed E-state index contributed by atoms with van der Waals surface area (Å²) in [5.41, 5.74) is 0. The zero-order chi connectivity index (χ0) is 16.1. The molecule has 32 heavy (non-hydrogen) atoms. The second-order valence-corrected chi connectivity index (χ2v) is 7.39. The van der Waals surface area contributed by atoms with E-state index in [1.165, 1.54) is 51.4 Å². The van der Waals surface area contributed by atoms with Crippen LogP contribution >= 0.6 is 49.6 Å². The van der Waals surface area contributed by atoms with Crippen LogP contribution < -0.4 is 0 Å². The van der Waals surface area contributed by atoms with Gasteiger partial charge in [0, 0.05) is 0 Å². The number of unbranched alkanes of at least 4 members (excludes halogenated alkanes) is 9. The van der Waals surface area contributed by atoms with Crippen molar-refractivity contribution in [3.8, 4) is 0 Å². The number of hydrogen-bond donors (Lipinski definition) is 0. The van der Waals surface area contributed by atoms with Gasteiger partial charge in [-0.3, -0.25) is 8.89 Å². The first-order chi connectivity index (χ1) is 10.7. The molecular formula is C18H45Ca5Cl4FO3S. The molecule has 0 fully saturated rings. The summed E-state index contributed by atoms with van der Waals surface area (Å²) in [6, 6.07) is 8.33. The summed E-state index contributed by atoms with van der Waals surface area (Å²) < 4.78 is 28.8. The van der Waals surface area contributed by atoms with Gasteiger partial charge in [0.2, 0.25) is 0 Å². The van der Waals surface area contributed by atoms with Crippen LogP contribution in [0.15, 0.2) is 35.2 Å². The van der Waals surface area contributed by atoms with E-state index in [0.717, 1.165) is 12.8 Å². The Labute approximate surface area is 370 Å². The number of halogens is 5. The van der Waals surface area contributed by atoms with Crippen LogP contribution in [0.3, 0.4) is 0 Å². The van der Waals surface area contributed by atoms with Crippen LogP contribution in [0.4, 0.5) is 4.70 Å². The first-order valence-corrected chi connectivity index (χ1v) is 10.0. The van der Waals surface area contributed by atoms with Gasteiger partial charge in [-0.15, -0.1) is 49.6 Å². The molecule has 0 aliphatic heterocycles. The van der Waals surface area contributed by atoms with Gasteiger partial charge in [-0.05, 0) is 18.6 Å². The molecule has 186 valence electrons. The zero-order valence-electron chi connectivity index (χ0n) is 15.8. The third kappa shape index (κ3) is 38.7. The molecule has 3 nitrogen and oxygen atoms in total. The summed E-state index contributed by atoms with van der Waals surface area (Å²) in [5, 5.41) is 0. The second-order valence-electron chi connectivity index (χ2n) is 5.77. The van der Waals surface area contributed by atoms with Gasteiger partial charge in [0.1, 0.15) is 0 Å². The molecule has 0 aliphatic rings. The quantitative estimate of drug-likeness (QED) is 0.181. The zero-order valence-corrected chi connectivity index (χ0v) is 19.9. The first-order valence-electron chi connectivity index (χ1n) is 8.61. The fourth-order valence-corrected chi connectivity index (χ4v) is 3.38. The Balaban J connectivity index is -0.0000000605. The van der Waals surface area contributed by atoms with E-state index in [0.29, 0.717) is 0 Å². The summed E-state index contributed by atoms with van der Waals surface area (Å²) >= 11 is 0. The molecule has 0 aliphatic carbocycles. The van der Waals surface area contributed by atoms with Crippen LogP contribution in [0.5, 0.6) is 0 Å². The Bertz CT molecular complexity index is 511. The first kappa shape index (κ1) is 66.7. The Morgan fingerprint density at radius 1 is 0.625 bits per heavy atom. The summed E-state index contributed by atoms with van der Waals surface area (Å²) in [5.74, 6) is 0. The van der Waals surface area contributed by atoms with E-state index in [9.17, 15) is 8.42 Å². The van der Waals surface area contributed by atoms with Crippen molar-refractivity contribution < 1.29 is 17.3 Å². The van der Waals surface area contributed by atoms with Crippen LogP contribution in [0.1, 0.15) is 71.1 Å². The standard InChI is InChI=1S/C18H30O3S.5Ca.4ClH.FH.10H/c1-2-3-4-5-6-7-8-9-10-14-17-21-22(19,20)18-15-12-11-13-16-18;;;;;;;;;;;;;;;;;;;;/h11-13,15-16H,2-10,14,17H2,1H3;;;;;;5*1H;;;;;;;;;;. The molecule has 0 amide bonds. The minimum atomic E-state index is -3.57. The van der Waals surface area contributed by atoms with E-state index in [2.05, 4.69) is 6.92 Å². The molecule has 0 atom stereocenters. The molecule has 0 saturated heterocycles. The minimum absolute atomic E-state index is 0. The molecule has 0 aromatic heterocycles. The van der Waals surface area contributed by atoms with Gasteiger partial charge in [0.05, 0.1) is 11.5 Å². The van der Waals surface area contributed by atoms with E-state index >= 15 is 0 Å². The molecule has 0 N–H and O–H groups in total. The van der Waals surface area contributed by atoms with E-state index in [-0.39, 0.29) is 255 Å². The van der Waals surface area contributed by atoms with Crippen molar-refractivity contribution in [2.24, 2.45) is 0 Å². The molecule has 0 radical (unpaired) electrons. The van der Waals surface area contributed by atoms with Crippen molar-refractivity contribution in [1.29, 1.82) is 0 Å². The molecule has 1 aromatic carbocycles. The van der Waals surface area contributed by atoms with Crippen LogP contribution in [-0.2, 0) is 14.3 Å². The third-order valence-electron chi connectivity index (χ3n) is 3.77. The van der Waals surface area contributed by atoms with Gasteiger partial charge in [-0.25, -0.2) is 0 Å². The molecule has 0 spiro atoms. The van der Waals surface area contributed by atoms with Gasteiger partial charge < -0.3 is 0 Å². The van der Waals surface area contributed by atoms with Crippen LogP contribution in [0.2, 0.25) is 0 Å². The van der Waals surface area contributed by atoms with Crippen molar-refractivity contribution in [2.45, 2.75) is 76.0 Å². The predicted octanol–water partition coefficient (Wildman–Crippen LogP) is 2.57. The van der Waals surface area contributed by atoms with Crippen molar-refractivity contribution in [1.82, 2.24) is 0 Å². The van der Waals surface area contributed by atoms with Crippen molar-refractivity contribution >= 4 is 248 Å². The van der Waals surface area contributed by atoms with Crippen LogP contribution in [0.25, 0.3) is 0 Å².